The van der Waals surface area contributed by atoms with E-state index < -0.39 is 5.54 Å². The molecule has 1 atom stereocenters. The van der Waals surface area contributed by atoms with Gasteiger partial charge >= 0.3 is 0 Å². The molecule has 0 spiro atoms. The molecule has 1 unspecified atom stereocenters. The summed E-state index contributed by atoms with van der Waals surface area (Å²) in [6.07, 6.45) is 5.85. The first kappa shape index (κ1) is 21.6. The van der Waals surface area contributed by atoms with E-state index in [4.69, 9.17) is 4.98 Å². The van der Waals surface area contributed by atoms with E-state index in [9.17, 15) is 14.9 Å². The molecule has 0 aliphatic heterocycles. The fraction of sp³-hybridized carbons (Fsp3) is 0.524. The minimum absolute atomic E-state index is 0.0210. The monoisotopic (exact) mass is 430 g/mol. The highest BCUT2D eigenvalue weighted by Gasteiger charge is 2.30. The van der Waals surface area contributed by atoms with Crippen LogP contribution in [0.4, 0.5) is 0 Å². The minimum atomic E-state index is -0.928. The molecule has 1 aliphatic carbocycles. The van der Waals surface area contributed by atoms with Crippen molar-refractivity contribution in [3.63, 3.8) is 0 Å². The van der Waals surface area contributed by atoms with E-state index in [1.54, 1.807) is 28.9 Å². The number of allylic oxidation sites excluding steroid dienone is 1. The lowest BCUT2D eigenvalue weighted by atomic mass is 9.90. The first-order valence-electron chi connectivity index (χ1n) is 9.81. The Labute approximate surface area is 179 Å². The molecule has 2 heterocycles. The number of aromatic nitrogens is 2. The van der Waals surface area contributed by atoms with Gasteiger partial charge in [-0.15, -0.1) is 17.9 Å². The third kappa shape index (κ3) is 4.26. The zero-order valence-electron chi connectivity index (χ0n) is 17.1. The SMILES string of the molecule is C=CCn1c(SCC(=O)NC(C)(C#N)C(C)C)nc2sc3c(c2c1=O)CCCC3. The van der Waals surface area contributed by atoms with Crippen LogP contribution in [0, 0.1) is 17.2 Å². The lowest BCUT2D eigenvalue weighted by molar-refractivity contribution is -0.120. The maximum Gasteiger partial charge on any atom is 0.263 e. The van der Waals surface area contributed by atoms with Crippen molar-refractivity contribution in [1.29, 1.82) is 5.26 Å². The molecule has 154 valence electrons. The average molecular weight is 431 g/mol. The largest absolute Gasteiger partial charge is 0.337 e. The third-order valence-electron chi connectivity index (χ3n) is 5.47. The molecule has 0 bridgehead atoms. The Kier molecular flexibility index (Phi) is 6.49. The number of carbonyl (C=O) groups is 1. The molecule has 0 radical (unpaired) electrons. The average Bonchev–Trinajstić information content (AvgIpc) is 3.07. The molecule has 29 heavy (non-hydrogen) atoms. The molecule has 8 heteroatoms. The van der Waals surface area contributed by atoms with Gasteiger partial charge in [-0.05, 0) is 44.1 Å². The number of thiophene rings is 1. The van der Waals surface area contributed by atoms with Gasteiger partial charge < -0.3 is 5.32 Å². The van der Waals surface area contributed by atoms with Gasteiger partial charge in [0.1, 0.15) is 10.4 Å². The van der Waals surface area contributed by atoms with Crippen LogP contribution in [0.15, 0.2) is 22.6 Å². The standard InChI is InChI=1S/C21H26N4O2S2/c1-5-10-25-19(27)17-14-8-6-7-9-15(14)29-18(17)23-20(25)28-11-16(26)24-21(4,12-22)13(2)3/h5,13H,1,6-11H2,2-4H3,(H,24,26). The van der Waals surface area contributed by atoms with Crippen LogP contribution in [0.2, 0.25) is 0 Å². The first-order chi connectivity index (χ1) is 13.8. The van der Waals surface area contributed by atoms with E-state index >= 15 is 0 Å². The molecule has 2 aromatic heterocycles. The summed E-state index contributed by atoms with van der Waals surface area (Å²) in [5.41, 5.74) is 0.173. The Morgan fingerprint density at radius 1 is 1.48 bits per heavy atom. The van der Waals surface area contributed by atoms with Crippen molar-refractivity contribution in [3.8, 4) is 6.07 Å². The maximum atomic E-state index is 13.2. The maximum absolute atomic E-state index is 13.2. The van der Waals surface area contributed by atoms with Gasteiger partial charge in [0, 0.05) is 11.4 Å². The van der Waals surface area contributed by atoms with Gasteiger partial charge in [-0.25, -0.2) is 4.98 Å². The zero-order valence-corrected chi connectivity index (χ0v) is 18.7. The molecule has 2 aromatic rings. The summed E-state index contributed by atoms with van der Waals surface area (Å²) in [5, 5.41) is 13.4. The van der Waals surface area contributed by atoms with Gasteiger partial charge in [0.15, 0.2) is 5.16 Å². The molecule has 1 N–H and O–H groups in total. The predicted molar refractivity (Wildman–Crippen MR) is 118 cm³/mol. The lowest BCUT2D eigenvalue weighted by Gasteiger charge is -2.27. The van der Waals surface area contributed by atoms with E-state index in [0.717, 1.165) is 41.5 Å². The van der Waals surface area contributed by atoms with Crippen molar-refractivity contribution in [2.75, 3.05) is 5.75 Å². The molecule has 0 aromatic carbocycles. The van der Waals surface area contributed by atoms with Crippen LogP contribution in [0.25, 0.3) is 10.2 Å². The minimum Gasteiger partial charge on any atom is -0.337 e. The second-order valence-electron chi connectivity index (χ2n) is 7.80. The van der Waals surface area contributed by atoms with E-state index in [1.807, 2.05) is 13.8 Å². The Balaban J connectivity index is 1.90. The number of aryl methyl sites for hydroxylation is 2. The number of fused-ring (bicyclic) bond motifs is 3. The highest BCUT2D eigenvalue weighted by atomic mass is 32.2. The van der Waals surface area contributed by atoms with E-state index in [1.165, 1.54) is 16.6 Å². The molecule has 6 nitrogen and oxygen atoms in total. The zero-order chi connectivity index (χ0) is 21.2. The van der Waals surface area contributed by atoms with Crippen LogP contribution >= 0.6 is 23.1 Å². The third-order valence-corrected chi connectivity index (χ3v) is 7.63. The van der Waals surface area contributed by atoms with Gasteiger partial charge in [-0.3, -0.25) is 14.2 Å². The van der Waals surface area contributed by atoms with Crippen LogP contribution in [-0.4, -0.2) is 26.8 Å². The predicted octanol–water partition coefficient (Wildman–Crippen LogP) is 3.67. The summed E-state index contributed by atoms with van der Waals surface area (Å²) < 4.78 is 1.60. The van der Waals surface area contributed by atoms with E-state index in [0.29, 0.717) is 11.7 Å². The summed E-state index contributed by atoms with van der Waals surface area (Å²) in [6, 6.07) is 2.18. The summed E-state index contributed by atoms with van der Waals surface area (Å²) >= 11 is 2.82. The second kappa shape index (κ2) is 8.72. The Bertz CT molecular complexity index is 1050. The fourth-order valence-corrected chi connectivity index (χ4v) is 5.49. The number of carbonyl (C=O) groups excluding carboxylic acids is 1. The number of rotatable bonds is 7. The van der Waals surface area contributed by atoms with Gasteiger partial charge in [0.25, 0.3) is 5.56 Å². The van der Waals surface area contributed by atoms with Crippen molar-refractivity contribution in [2.24, 2.45) is 5.92 Å². The van der Waals surface area contributed by atoms with Crippen LogP contribution in [0.3, 0.4) is 0 Å². The van der Waals surface area contributed by atoms with Gasteiger partial charge in [-0.1, -0.05) is 31.7 Å². The molecule has 0 fully saturated rings. The first-order valence-corrected chi connectivity index (χ1v) is 11.6. The highest BCUT2D eigenvalue weighted by Crippen LogP contribution is 2.34. The Morgan fingerprint density at radius 2 is 2.21 bits per heavy atom. The molecular formula is C21H26N4O2S2. The van der Waals surface area contributed by atoms with Gasteiger partial charge in [-0.2, -0.15) is 5.26 Å². The second-order valence-corrected chi connectivity index (χ2v) is 9.82. The number of thioether (sulfide) groups is 1. The van der Waals surface area contributed by atoms with E-state index in [2.05, 4.69) is 18.0 Å². The number of nitrogens with zero attached hydrogens (tertiary/aromatic N) is 3. The number of nitriles is 1. The van der Waals surface area contributed by atoms with Crippen molar-refractivity contribution < 1.29 is 4.79 Å². The quantitative estimate of drug-likeness (QED) is 0.411. The summed E-state index contributed by atoms with van der Waals surface area (Å²) in [7, 11) is 0. The highest BCUT2D eigenvalue weighted by molar-refractivity contribution is 7.99. The van der Waals surface area contributed by atoms with Crippen molar-refractivity contribution in [2.45, 2.75) is 63.7 Å². The van der Waals surface area contributed by atoms with Gasteiger partial charge in [0.2, 0.25) is 5.91 Å². The Hall–Kier alpha value is -2.11. The summed E-state index contributed by atoms with van der Waals surface area (Å²) in [5.74, 6) is -0.186. The lowest BCUT2D eigenvalue weighted by Crippen LogP contribution is -2.49. The number of nitrogens with one attached hydrogen (secondary N) is 1. The van der Waals surface area contributed by atoms with Crippen LogP contribution < -0.4 is 10.9 Å². The topological polar surface area (TPSA) is 87.8 Å². The summed E-state index contributed by atoms with van der Waals surface area (Å²) in [4.78, 5) is 32.4. The van der Waals surface area contributed by atoms with Crippen molar-refractivity contribution in [1.82, 2.24) is 14.9 Å². The number of hydrogen-bond donors (Lipinski definition) is 1. The fourth-order valence-electron chi connectivity index (χ4n) is 3.38. The molecule has 0 saturated heterocycles. The molecule has 1 amide bonds. The van der Waals surface area contributed by atoms with Crippen LogP contribution in [0.1, 0.15) is 44.1 Å². The molecule has 0 saturated carbocycles. The summed E-state index contributed by atoms with van der Waals surface area (Å²) in [6.45, 7) is 9.61. The Morgan fingerprint density at radius 3 is 2.86 bits per heavy atom. The van der Waals surface area contributed by atoms with Gasteiger partial charge in [0.05, 0.1) is 17.2 Å². The van der Waals surface area contributed by atoms with Crippen LogP contribution in [-0.2, 0) is 24.2 Å². The molecule has 1 aliphatic rings. The smallest absolute Gasteiger partial charge is 0.263 e. The molecule has 3 rings (SSSR count). The number of amides is 1. The number of hydrogen-bond acceptors (Lipinski definition) is 6. The van der Waals surface area contributed by atoms with Crippen molar-refractivity contribution in [3.05, 3.63) is 33.4 Å². The molecular weight excluding hydrogens is 404 g/mol. The van der Waals surface area contributed by atoms with Crippen LogP contribution in [0.5, 0.6) is 0 Å². The van der Waals surface area contributed by atoms with E-state index in [-0.39, 0.29) is 23.1 Å². The normalized spacial score (nSPS) is 15.6. The van der Waals surface area contributed by atoms with Crippen molar-refractivity contribution >= 4 is 39.2 Å².